The topological polar surface area (TPSA) is 16.1 Å². The molecule has 0 atom stereocenters. The van der Waals surface area contributed by atoms with E-state index in [2.05, 4.69) is 31.9 Å². The van der Waals surface area contributed by atoms with Crippen molar-refractivity contribution in [3.8, 4) is 0 Å². The summed E-state index contributed by atoms with van der Waals surface area (Å²) >= 11 is 3.45. The highest BCUT2D eigenvalue weighted by Gasteiger charge is 1.99. The molecule has 0 aromatic carbocycles. The van der Waals surface area contributed by atoms with Crippen LogP contribution in [0.25, 0.3) is 0 Å². The van der Waals surface area contributed by atoms with Crippen molar-refractivity contribution in [3.63, 3.8) is 0 Å². The van der Waals surface area contributed by atoms with E-state index in [1.165, 1.54) is 5.56 Å². The molecular formula is C9H13BrN2. The molecule has 0 radical (unpaired) electrons. The molecule has 0 unspecified atom stereocenters. The zero-order valence-corrected chi connectivity index (χ0v) is 9.22. The van der Waals surface area contributed by atoms with Gasteiger partial charge in [-0.3, -0.25) is 4.98 Å². The third-order valence-corrected chi connectivity index (χ3v) is 2.38. The van der Waals surface area contributed by atoms with Gasteiger partial charge in [0.05, 0.1) is 5.69 Å². The predicted molar refractivity (Wildman–Crippen MR) is 54.1 cm³/mol. The van der Waals surface area contributed by atoms with Gasteiger partial charge in [-0.2, -0.15) is 0 Å². The Bertz CT molecular complexity index is 271. The zero-order chi connectivity index (χ0) is 9.14. The minimum absolute atomic E-state index is 0.936. The van der Waals surface area contributed by atoms with Crippen molar-refractivity contribution in [2.75, 3.05) is 14.1 Å². The van der Waals surface area contributed by atoms with Crippen molar-refractivity contribution in [1.29, 1.82) is 0 Å². The number of halogens is 1. The maximum absolute atomic E-state index is 4.26. The highest BCUT2D eigenvalue weighted by atomic mass is 79.9. The number of hydrogen-bond acceptors (Lipinski definition) is 2. The van der Waals surface area contributed by atoms with Crippen molar-refractivity contribution in [2.45, 2.75) is 13.5 Å². The van der Waals surface area contributed by atoms with Gasteiger partial charge in [-0.1, -0.05) is 0 Å². The molecule has 0 saturated heterocycles. The van der Waals surface area contributed by atoms with Gasteiger partial charge in [-0.05, 0) is 48.6 Å². The maximum atomic E-state index is 4.26. The van der Waals surface area contributed by atoms with E-state index in [-0.39, 0.29) is 0 Å². The Hall–Kier alpha value is -0.410. The van der Waals surface area contributed by atoms with Crippen molar-refractivity contribution < 1.29 is 0 Å². The summed E-state index contributed by atoms with van der Waals surface area (Å²) in [7, 11) is 4.10. The van der Waals surface area contributed by atoms with Crippen LogP contribution in [-0.4, -0.2) is 24.0 Å². The molecule has 1 rings (SSSR count). The first kappa shape index (κ1) is 9.68. The van der Waals surface area contributed by atoms with Crippen molar-refractivity contribution in [1.82, 2.24) is 9.88 Å². The van der Waals surface area contributed by atoms with Gasteiger partial charge >= 0.3 is 0 Å². The summed E-state index contributed by atoms with van der Waals surface area (Å²) in [5.74, 6) is 0. The van der Waals surface area contributed by atoms with Crippen LogP contribution >= 0.6 is 15.9 Å². The molecule has 0 amide bonds. The second kappa shape index (κ2) is 4.01. The summed E-state index contributed by atoms with van der Waals surface area (Å²) in [6.45, 7) is 2.93. The monoisotopic (exact) mass is 228 g/mol. The number of pyridine rings is 1. The van der Waals surface area contributed by atoms with Crippen LogP contribution in [0.2, 0.25) is 0 Å². The second-order valence-electron chi connectivity index (χ2n) is 3.15. The maximum Gasteiger partial charge on any atom is 0.0514 e. The molecule has 0 aliphatic rings. The SMILES string of the molecule is Cc1ncc(CN(C)C)cc1Br. The van der Waals surface area contributed by atoms with Crippen LogP contribution in [0.4, 0.5) is 0 Å². The molecule has 0 saturated carbocycles. The Balaban J connectivity index is 2.82. The standard InChI is InChI=1S/C9H13BrN2/c1-7-9(10)4-8(5-11-7)6-12(2)3/h4-5H,6H2,1-3H3. The van der Waals surface area contributed by atoms with E-state index in [1.54, 1.807) is 0 Å². The minimum atomic E-state index is 0.936. The molecule has 66 valence electrons. The third-order valence-electron chi connectivity index (χ3n) is 1.58. The lowest BCUT2D eigenvalue weighted by Crippen LogP contribution is -2.10. The van der Waals surface area contributed by atoms with E-state index in [0.29, 0.717) is 0 Å². The van der Waals surface area contributed by atoms with Gasteiger partial charge in [0, 0.05) is 17.2 Å². The fourth-order valence-electron chi connectivity index (χ4n) is 0.998. The summed E-state index contributed by atoms with van der Waals surface area (Å²) in [4.78, 5) is 6.38. The summed E-state index contributed by atoms with van der Waals surface area (Å²) in [5.41, 5.74) is 2.27. The van der Waals surface area contributed by atoms with Crippen molar-refractivity contribution in [3.05, 3.63) is 28.0 Å². The summed E-state index contributed by atoms with van der Waals surface area (Å²) in [5, 5.41) is 0. The second-order valence-corrected chi connectivity index (χ2v) is 4.00. The van der Waals surface area contributed by atoms with Crippen molar-refractivity contribution in [2.24, 2.45) is 0 Å². The normalized spacial score (nSPS) is 10.8. The number of aromatic nitrogens is 1. The molecular weight excluding hydrogens is 216 g/mol. The van der Waals surface area contributed by atoms with Crippen LogP contribution in [-0.2, 0) is 6.54 Å². The summed E-state index contributed by atoms with van der Waals surface area (Å²) < 4.78 is 1.09. The van der Waals surface area contributed by atoms with E-state index in [4.69, 9.17) is 0 Å². The zero-order valence-electron chi connectivity index (χ0n) is 7.63. The minimum Gasteiger partial charge on any atom is -0.305 e. The molecule has 0 spiro atoms. The van der Waals surface area contributed by atoms with Gasteiger partial charge in [0.1, 0.15) is 0 Å². The predicted octanol–water partition coefficient (Wildman–Crippen LogP) is 2.21. The first-order valence-corrected chi connectivity index (χ1v) is 4.64. The lowest BCUT2D eigenvalue weighted by atomic mass is 10.2. The lowest BCUT2D eigenvalue weighted by molar-refractivity contribution is 0.402. The Morgan fingerprint density at radius 2 is 2.17 bits per heavy atom. The Morgan fingerprint density at radius 3 is 2.67 bits per heavy atom. The average molecular weight is 229 g/mol. The molecule has 0 bridgehead atoms. The van der Waals surface area contributed by atoms with Gasteiger partial charge in [0.2, 0.25) is 0 Å². The first-order chi connectivity index (χ1) is 5.59. The molecule has 0 fully saturated rings. The van der Waals surface area contributed by atoms with Crippen LogP contribution in [0.3, 0.4) is 0 Å². The fraction of sp³-hybridized carbons (Fsp3) is 0.444. The Kier molecular flexibility index (Phi) is 3.23. The smallest absolute Gasteiger partial charge is 0.0514 e. The van der Waals surface area contributed by atoms with Gasteiger partial charge in [-0.25, -0.2) is 0 Å². The van der Waals surface area contributed by atoms with E-state index in [1.807, 2.05) is 27.2 Å². The third kappa shape index (κ3) is 2.57. The molecule has 12 heavy (non-hydrogen) atoms. The number of rotatable bonds is 2. The largest absolute Gasteiger partial charge is 0.305 e. The van der Waals surface area contributed by atoms with Gasteiger partial charge in [0.25, 0.3) is 0 Å². The molecule has 2 nitrogen and oxygen atoms in total. The lowest BCUT2D eigenvalue weighted by Gasteiger charge is -2.09. The molecule has 0 aliphatic carbocycles. The average Bonchev–Trinajstić information content (AvgIpc) is 1.96. The van der Waals surface area contributed by atoms with E-state index in [0.717, 1.165) is 16.7 Å². The Labute approximate surface area is 81.7 Å². The highest BCUT2D eigenvalue weighted by Crippen LogP contribution is 2.15. The van der Waals surface area contributed by atoms with Crippen LogP contribution in [0, 0.1) is 6.92 Å². The quantitative estimate of drug-likeness (QED) is 0.772. The van der Waals surface area contributed by atoms with E-state index in [9.17, 15) is 0 Å². The molecule has 3 heteroatoms. The number of nitrogens with zero attached hydrogens (tertiary/aromatic N) is 2. The molecule has 1 aromatic rings. The van der Waals surface area contributed by atoms with Crippen LogP contribution in [0.1, 0.15) is 11.3 Å². The van der Waals surface area contributed by atoms with Gasteiger partial charge < -0.3 is 4.90 Å². The number of hydrogen-bond donors (Lipinski definition) is 0. The van der Waals surface area contributed by atoms with Crippen LogP contribution in [0.5, 0.6) is 0 Å². The summed E-state index contributed by atoms with van der Waals surface area (Å²) in [6.07, 6.45) is 1.92. The Morgan fingerprint density at radius 1 is 1.50 bits per heavy atom. The molecule has 0 aliphatic heterocycles. The highest BCUT2D eigenvalue weighted by molar-refractivity contribution is 9.10. The van der Waals surface area contributed by atoms with Crippen LogP contribution < -0.4 is 0 Å². The molecule has 1 aromatic heterocycles. The van der Waals surface area contributed by atoms with E-state index >= 15 is 0 Å². The molecule has 0 N–H and O–H groups in total. The number of aryl methyl sites for hydroxylation is 1. The first-order valence-electron chi connectivity index (χ1n) is 3.85. The van der Waals surface area contributed by atoms with Gasteiger partial charge in [-0.15, -0.1) is 0 Å². The summed E-state index contributed by atoms with van der Waals surface area (Å²) in [6, 6.07) is 2.11. The fourth-order valence-corrected chi connectivity index (χ4v) is 1.39. The van der Waals surface area contributed by atoms with Crippen molar-refractivity contribution >= 4 is 15.9 Å². The van der Waals surface area contributed by atoms with Crippen LogP contribution in [0.15, 0.2) is 16.7 Å². The molecule has 1 heterocycles. The van der Waals surface area contributed by atoms with Gasteiger partial charge in [0.15, 0.2) is 0 Å². The van der Waals surface area contributed by atoms with E-state index < -0.39 is 0 Å².